The second kappa shape index (κ2) is 11.1. The van der Waals surface area contributed by atoms with Crippen molar-refractivity contribution < 1.29 is 27.5 Å². The predicted octanol–water partition coefficient (Wildman–Crippen LogP) is 6.18. The van der Waals surface area contributed by atoms with Gasteiger partial charge in [0.15, 0.2) is 10.9 Å². The van der Waals surface area contributed by atoms with Crippen LogP contribution in [0.15, 0.2) is 51.6 Å². The number of hydrogen-bond donors (Lipinski definition) is 1. The van der Waals surface area contributed by atoms with Crippen LogP contribution >= 0.6 is 11.8 Å². The van der Waals surface area contributed by atoms with Gasteiger partial charge < -0.3 is 15.0 Å². The Bertz CT molecular complexity index is 1090. The third-order valence-electron chi connectivity index (χ3n) is 5.92. The number of carbonyl (C=O) groups is 2. The number of thioether (sulfide) groups is 1. The molecule has 1 N–H and O–H groups in total. The largest absolute Gasteiger partial charge is 0.459 e. The molecule has 2 aliphatic rings. The van der Waals surface area contributed by atoms with Crippen molar-refractivity contribution in [2.24, 2.45) is 4.99 Å². The van der Waals surface area contributed by atoms with Crippen LogP contribution in [0.5, 0.6) is 0 Å². The number of alkyl halides is 3. The van der Waals surface area contributed by atoms with Gasteiger partial charge in [-0.05, 0) is 49.6 Å². The lowest BCUT2D eigenvalue weighted by Gasteiger charge is -2.37. The van der Waals surface area contributed by atoms with Crippen molar-refractivity contribution in [1.29, 1.82) is 0 Å². The Hall–Kier alpha value is -2.75. The van der Waals surface area contributed by atoms with E-state index in [0.717, 1.165) is 23.7 Å². The SMILES string of the molecule is CC[C@H](C)NC(=O)CC1=CSC2=NC(C(F)(F)F)=C(C(=O)OC(C)C)[C@@H](c3ccc(C(C)C)cc3)N12. The van der Waals surface area contributed by atoms with Crippen molar-refractivity contribution in [1.82, 2.24) is 10.2 Å². The number of allylic oxidation sites excluding steroid dienone is 1. The number of fused-ring (bicyclic) bond motifs is 1. The number of nitrogens with one attached hydrogen (secondary N) is 1. The van der Waals surface area contributed by atoms with Gasteiger partial charge in [-0.2, -0.15) is 13.2 Å². The molecule has 0 radical (unpaired) electrons. The third kappa shape index (κ3) is 6.14. The third-order valence-corrected chi connectivity index (χ3v) is 6.81. The minimum atomic E-state index is -4.88. The molecule has 0 saturated heterocycles. The molecule has 3 rings (SSSR count). The number of halogens is 3. The fraction of sp³-hybridized carbons (Fsp3) is 0.500. The van der Waals surface area contributed by atoms with Crippen LogP contribution in [0.3, 0.4) is 0 Å². The summed E-state index contributed by atoms with van der Waals surface area (Å²) in [5, 5.41) is 4.56. The molecule has 2 heterocycles. The first-order chi connectivity index (χ1) is 16.8. The van der Waals surface area contributed by atoms with Crippen LogP contribution in [0, 0.1) is 0 Å². The Balaban J connectivity index is 2.14. The van der Waals surface area contributed by atoms with E-state index < -0.39 is 35.6 Å². The number of hydrogen-bond acceptors (Lipinski definition) is 6. The molecule has 0 spiro atoms. The highest BCUT2D eigenvalue weighted by Crippen LogP contribution is 2.48. The molecule has 1 aromatic carbocycles. The highest BCUT2D eigenvalue weighted by atomic mass is 32.2. The highest BCUT2D eigenvalue weighted by Gasteiger charge is 2.49. The zero-order valence-corrected chi connectivity index (χ0v) is 22.1. The molecular weight excluding hydrogens is 491 g/mol. The molecule has 10 heteroatoms. The van der Waals surface area contributed by atoms with Crippen molar-refractivity contribution in [2.45, 2.75) is 84.7 Å². The van der Waals surface area contributed by atoms with E-state index in [1.807, 2.05) is 39.8 Å². The monoisotopic (exact) mass is 523 g/mol. The fourth-order valence-corrected chi connectivity index (χ4v) is 4.85. The summed E-state index contributed by atoms with van der Waals surface area (Å²) in [6.45, 7) is 11.0. The standard InChI is InChI=1S/C26H32F3N3O3S/c1-7-16(6)30-20(33)12-19-13-36-25-31-23(26(27,28)29)21(24(34)35-15(4)5)22(32(19)25)18-10-8-17(9-11-18)14(2)3/h8-11,13-16,22H,7,12H2,1-6H3,(H,30,33)/t16-,22+/m0/s1. The van der Waals surface area contributed by atoms with E-state index >= 15 is 0 Å². The smallest absolute Gasteiger partial charge is 0.434 e. The van der Waals surface area contributed by atoms with E-state index in [0.29, 0.717) is 11.3 Å². The lowest BCUT2D eigenvalue weighted by atomic mass is 9.91. The second-order valence-corrected chi connectivity index (χ2v) is 10.3. The van der Waals surface area contributed by atoms with Crippen molar-refractivity contribution in [2.75, 3.05) is 0 Å². The van der Waals surface area contributed by atoms with Crippen molar-refractivity contribution >= 4 is 28.8 Å². The van der Waals surface area contributed by atoms with Crippen LogP contribution < -0.4 is 5.32 Å². The van der Waals surface area contributed by atoms with Gasteiger partial charge in [0.25, 0.3) is 0 Å². The number of carbonyl (C=O) groups excluding carboxylic acids is 2. The highest BCUT2D eigenvalue weighted by molar-refractivity contribution is 8.16. The van der Waals surface area contributed by atoms with Gasteiger partial charge in [0.05, 0.1) is 24.1 Å². The maximum atomic E-state index is 14.2. The van der Waals surface area contributed by atoms with Crippen LogP contribution in [0.2, 0.25) is 0 Å². The van der Waals surface area contributed by atoms with Gasteiger partial charge in [-0.25, -0.2) is 9.79 Å². The van der Waals surface area contributed by atoms with Gasteiger partial charge in [0.1, 0.15) is 0 Å². The van der Waals surface area contributed by atoms with Crippen LogP contribution in [-0.4, -0.2) is 40.3 Å². The number of rotatable bonds is 8. The average molecular weight is 524 g/mol. The molecule has 0 fully saturated rings. The van der Waals surface area contributed by atoms with Gasteiger partial charge in [0.2, 0.25) is 5.91 Å². The van der Waals surface area contributed by atoms with Gasteiger partial charge in [0, 0.05) is 11.7 Å². The summed E-state index contributed by atoms with van der Waals surface area (Å²) in [6.07, 6.45) is -4.83. The first-order valence-corrected chi connectivity index (χ1v) is 12.9. The number of aliphatic imine (C=N–C) groups is 1. The molecular formula is C26H32F3N3O3S. The summed E-state index contributed by atoms with van der Waals surface area (Å²) >= 11 is 1.00. The van der Waals surface area contributed by atoms with E-state index in [1.54, 1.807) is 36.3 Å². The number of amides is 1. The topological polar surface area (TPSA) is 71.0 Å². The average Bonchev–Trinajstić information content (AvgIpc) is 3.19. The first kappa shape index (κ1) is 27.8. The van der Waals surface area contributed by atoms with E-state index in [-0.39, 0.29) is 29.5 Å². The maximum Gasteiger partial charge on any atom is 0.434 e. The molecule has 0 unspecified atom stereocenters. The summed E-state index contributed by atoms with van der Waals surface area (Å²) in [6, 6.07) is 5.92. The Labute approximate surface area is 214 Å². The molecule has 6 nitrogen and oxygen atoms in total. The number of benzene rings is 1. The summed E-state index contributed by atoms with van der Waals surface area (Å²) in [4.78, 5) is 31.2. The number of nitrogens with zero attached hydrogens (tertiary/aromatic N) is 2. The van der Waals surface area contributed by atoms with E-state index in [2.05, 4.69) is 10.3 Å². The zero-order valence-electron chi connectivity index (χ0n) is 21.3. The lowest BCUT2D eigenvalue weighted by Crippen LogP contribution is -2.41. The van der Waals surface area contributed by atoms with E-state index in [1.165, 1.54) is 0 Å². The quantitative estimate of drug-likeness (QED) is 0.412. The molecule has 2 atom stereocenters. The molecule has 0 aromatic heterocycles. The fourth-order valence-electron chi connectivity index (χ4n) is 3.93. The second-order valence-electron chi connectivity index (χ2n) is 9.48. The van der Waals surface area contributed by atoms with Gasteiger partial charge in [-0.1, -0.05) is 56.8 Å². The molecule has 36 heavy (non-hydrogen) atoms. The van der Waals surface area contributed by atoms with Crippen molar-refractivity contribution in [3.8, 4) is 0 Å². The Morgan fingerprint density at radius 3 is 2.31 bits per heavy atom. The first-order valence-electron chi connectivity index (χ1n) is 12.0. The summed E-state index contributed by atoms with van der Waals surface area (Å²) in [5.41, 5.74) is 0.0827. The number of amidine groups is 1. The van der Waals surface area contributed by atoms with Gasteiger partial charge in [-0.15, -0.1) is 0 Å². The molecule has 0 bridgehead atoms. The normalized spacial score (nSPS) is 18.8. The molecule has 0 aliphatic carbocycles. The Morgan fingerprint density at radius 2 is 1.78 bits per heavy atom. The Kier molecular flexibility index (Phi) is 8.59. The molecule has 1 aromatic rings. The van der Waals surface area contributed by atoms with Gasteiger partial charge >= 0.3 is 12.1 Å². The van der Waals surface area contributed by atoms with Crippen molar-refractivity contribution in [3.05, 3.63) is 57.8 Å². The van der Waals surface area contributed by atoms with Crippen LogP contribution in [0.1, 0.15) is 77.5 Å². The number of esters is 1. The summed E-state index contributed by atoms with van der Waals surface area (Å²) < 4.78 is 47.9. The van der Waals surface area contributed by atoms with E-state index in [9.17, 15) is 22.8 Å². The maximum absolute atomic E-state index is 14.2. The number of ether oxygens (including phenoxy) is 1. The van der Waals surface area contributed by atoms with Gasteiger partial charge in [-0.3, -0.25) is 4.79 Å². The molecule has 196 valence electrons. The zero-order chi connectivity index (χ0) is 26.8. The lowest BCUT2D eigenvalue weighted by molar-refractivity contribution is -0.144. The van der Waals surface area contributed by atoms with E-state index in [4.69, 9.17) is 4.74 Å². The molecule has 0 saturated carbocycles. The van der Waals surface area contributed by atoms with Crippen LogP contribution in [-0.2, 0) is 14.3 Å². The predicted molar refractivity (Wildman–Crippen MR) is 135 cm³/mol. The Morgan fingerprint density at radius 1 is 1.14 bits per heavy atom. The molecule has 2 aliphatic heterocycles. The minimum absolute atomic E-state index is 0.0469. The minimum Gasteiger partial charge on any atom is -0.459 e. The van der Waals surface area contributed by atoms with Crippen LogP contribution in [0.4, 0.5) is 13.2 Å². The van der Waals surface area contributed by atoms with Crippen LogP contribution in [0.25, 0.3) is 0 Å². The molecule has 1 amide bonds. The summed E-state index contributed by atoms with van der Waals surface area (Å²) in [7, 11) is 0. The van der Waals surface area contributed by atoms with Crippen molar-refractivity contribution in [3.63, 3.8) is 0 Å². The summed E-state index contributed by atoms with van der Waals surface area (Å²) in [5.74, 6) is -1.13.